The molecule has 1 aromatic carbocycles. The van der Waals surface area contributed by atoms with E-state index in [4.69, 9.17) is 10.7 Å². The SMILES string of the molecule is CNC(=O)c1c(N)ncnc1N1CCC(c2nc(-c3ccc(F)c(C(F)(F)F)c3)cn2CCNC(C)C)CC1. The van der Waals surface area contributed by atoms with Gasteiger partial charge in [-0.2, -0.15) is 13.2 Å². The summed E-state index contributed by atoms with van der Waals surface area (Å²) in [7, 11) is 1.51. The molecule has 9 nitrogen and oxygen atoms in total. The van der Waals surface area contributed by atoms with Gasteiger partial charge in [0.05, 0.1) is 11.3 Å². The number of anilines is 2. The van der Waals surface area contributed by atoms with E-state index in [9.17, 15) is 22.4 Å². The van der Waals surface area contributed by atoms with Gasteiger partial charge in [0.15, 0.2) is 0 Å². The average Bonchev–Trinajstić information content (AvgIpc) is 3.31. The Labute approximate surface area is 223 Å². The number of nitrogens with two attached hydrogens (primary N) is 1. The van der Waals surface area contributed by atoms with Crippen LogP contribution >= 0.6 is 0 Å². The molecule has 4 N–H and O–H groups in total. The first-order valence-electron chi connectivity index (χ1n) is 12.7. The molecule has 4 rings (SSSR count). The number of carbonyl (C=O) groups is 1. The average molecular weight is 549 g/mol. The van der Waals surface area contributed by atoms with E-state index in [1.807, 2.05) is 23.3 Å². The summed E-state index contributed by atoms with van der Waals surface area (Å²) in [6, 6.07) is 3.21. The Bertz CT molecular complexity index is 1320. The van der Waals surface area contributed by atoms with Gasteiger partial charge >= 0.3 is 6.18 Å². The molecule has 0 radical (unpaired) electrons. The highest BCUT2D eigenvalue weighted by atomic mass is 19.4. The molecule has 210 valence electrons. The molecule has 0 bridgehead atoms. The quantitative estimate of drug-likeness (QED) is 0.367. The predicted molar refractivity (Wildman–Crippen MR) is 140 cm³/mol. The second kappa shape index (κ2) is 11.6. The fourth-order valence-corrected chi connectivity index (χ4v) is 4.77. The van der Waals surface area contributed by atoms with Crippen molar-refractivity contribution in [1.29, 1.82) is 0 Å². The first-order chi connectivity index (χ1) is 18.5. The number of hydrogen-bond donors (Lipinski definition) is 3. The van der Waals surface area contributed by atoms with Crippen LogP contribution in [0.25, 0.3) is 11.3 Å². The highest BCUT2D eigenvalue weighted by Gasteiger charge is 2.35. The molecular weight excluding hydrogens is 516 g/mol. The lowest BCUT2D eigenvalue weighted by Gasteiger charge is -2.33. The summed E-state index contributed by atoms with van der Waals surface area (Å²) in [5.74, 6) is -0.379. The first-order valence-corrected chi connectivity index (χ1v) is 12.7. The number of halogens is 4. The maximum Gasteiger partial charge on any atom is 0.419 e. The van der Waals surface area contributed by atoms with Crippen LogP contribution in [0.3, 0.4) is 0 Å². The number of piperidine rings is 1. The molecule has 0 saturated carbocycles. The number of nitrogens with zero attached hydrogens (tertiary/aromatic N) is 5. The number of alkyl halides is 3. The minimum absolute atomic E-state index is 0.0132. The zero-order valence-corrected chi connectivity index (χ0v) is 22.0. The molecule has 2 aromatic heterocycles. The van der Waals surface area contributed by atoms with Gasteiger partial charge in [0.25, 0.3) is 5.91 Å². The zero-order valence-electron chi connectivity index (χ0n) is 22.0. The van der Waals surface area contributed by atoms with Gasteiger partial charge in [-0.15, -0.1) is 0 Å². The maximum absolute atomic E-state index is 13.9. The van der Waals surface area contributed by atoms with Gasteiger partial charge in [0.2, 0.25) is 0 Å². The van der Waals surface area contributed by atoms with Gasteiger partial charge in [-0.25, -0.2) is 19.3 Å². The number of nitrogens with one attached hydrogen (secondary N) is 2. The standard InChI is InChI=1S/C26H32F4N8O/c1-15(2)33-8-11-38-13-20(17-4-5-19(27)18(12-17)26(28,29)30)36-23(38)16-6-9-37(10-7-16)24-21(25(39)32-3)22(31)34-14-35-24/h4-5,12-16,33H,6-11H2,1-3H3,(H,32,39)(H2,31,34,35). The van der Waals surface area contributed by atoms with Crippen molar-refractivity contribution in [2.45, 2.75) is 51.4 Å². The molecule has 0 spiro atoms. The van der Waals surface area contributed by atoms with Gasteiger partial charge in [-0.05, 0) is 31.0 Å². The first kappa shape index (κ1) is 28.3. The minimum Gasteiger partial charge on any atom is -0.383 e. The number of imidazole rings is 1. The summed E-state index contributed by atoms with van der Waals surface area (Å²) in [6.45, 7) is 6.39. The predicted octanol–water partition coefficient (Wildman–Crippen LogP) is 3.82. The molecule has 39 heavy (non-hydrogen) atoms. The topological polar surface area (TPSA) is 114 Å². The molecule has 1 amide bonds. The summed E-state index contributed by atoms with van der Waals surface area (Å²) >= 11 is 0. The number of rotatable bonds is 8. The van der Waals surface area contributed by atoms with E-state index >= 15 is 0 Å². The fourth-order valence-electron chi connectivity index (χ4n) is 4.77. The van der Waals surface area contributed by atoms with E-state index in [1.165, 1.54) is 19.4 Å². The van der Waals surface area contributed by atoms with Crippen LogP contribution in [0.5, 0.6) is 0 Å². The lowest BCUT2D eigenvalue weighted by atomic mass is 9.95. The molecule has 1 aliphatic heterocycles. The van der Waals surface area contributed by atoms with Crippen LogP contribution in [0.1, 0.15) is 54.4 Å². The second-order valence-corrected chi connectivity index (χ2v) is 9.78. The fraction of sp³-hybridized carbons (Fsp3) is 0.462. The van der Waals surface area contributed by atoms with Crippen molar-refractivity contribution in [2.75, 3.05) is 37.3 Å². The van der Waals surface area contributed by atoms with E-state index in [1.54, 1.807) is 6.20 Å². The number of benzene rings is 1. The Balaban J connectivity index is 1.61. The molecule has 3 aromatic rings. The van der Waals surface area contributed by atoms with Crippen LogP contribution in [0.15, 0.2) is 30.7 Å². The van der Waals surface area contributed by atoms with Crippen molar-refractivity contribution >= 4 is 17.5 Å². The molecule has 3 heterocycles. The third-order valence-corrected chi connectivity index (χ3v) is 6.75. The van der Waals surface area contributed by atoms with E-state index in [0.29, 0.717) is 50.5 Å². The van der Waals surface area contributed by atoms with Crippen LogP contribution in [0.4, 0.5) is 29.2 Å². The van der Waals surface area contributed by atoms with Crippen molar-refractivity contribution in [3.63, 3.8) is 0 Å². The van der Waals surface area contributed by atoms with Crippen molar-refractivity contribution in [2.24, 2.45) is 0 Å². The Morgan fingerprint density at radius 1 is 1.21 bits per heavy atom. The van der Waals surface area contributed by atoms with Crippen LogP contribution in [0.2, 0.25) is 0 Å². The van der Waals surface area contributed by atoms with Crippen LogP contribution < -0.4 is 21.3 Å². The van der Waals surface area contributed by atoms with Gasteiger partial charge in [-0.3, -0.25) is 4.79 Å². The summed E-state index contributed by atoms with van der Waals surface area (Å²) < 4.78 is 55.9. The highest BCUT2D eigenvalue weighted by Crippen LogP contribution is 2.36. The van der Waals surface area contributed by atoms with E-state index in [2.05, 4.69) is 20.6 Å². The van der Waals surface area contributed by atoms with Gasteiger partial charge < -0.3 is 25.8 Å². The Hall–Kier alpha value is -3.74. The third-order valence-electron chi connectivity index (χ3n) is 6.75. The van der Waals surface area contributed by atoms with Gasteiger partial charge in [-0.1, -0.05) is 13.8 Å². The largest absolute Gasteiger partial charge is 0.419 e. The van der Waals surface area contributed by atoms with Crippen molar-refractivity contribution < 1.29 is 22.4 Å². The van der Waals surface area contributed by atoms with Crippen molar-refractivity contribution in [3.8, 4) is 11.3 Å². The molecule has 0 unspecified atom stereocenters. The molecular formula is C26H32F4N8O. The van der Waals surface area contributed by atoms with Gasteiger partial charge in [0, 0.05) is 56.9 Å². The van der Waals surface area contributed by atoms with Crippen molar-refractivity contribution in [3.05, 3.63) is 53.5 Å². The van der Waals surface area contributed by atoms with Crippen LogP contribution in [-0.2, 0) is 12.7 Å². The Morgan fingerprint density at radius 3 is 2.56 bits per heavy atom. The molecule has 13 heteroatoms. The zero-order chi connectivity index (χ0) is 28.3. The number of aromatic nitrogens is 4. The lowest BCUT2D eigenvalue weighted by molar-refractivity contribution is -0.139. The van der Waals surface area contributed by atoms with Crippen LogP contribution in [-0.4, -0.2) is 58.1 Å². The Kier molecular flexibility index (Phi) is 8.38. The second-order valence-electron chi connectivity index (χ2n) is 9.78. The molecule has 1 fully saturated rings. The van der Waals surface area contributed by atoms with E-state index < -0.39 is 17.6 Å². The van der Waals surface area contributed by atoms with Gasteiger partial charge in [0.1, 0.15) is 35.2 Å². The number of amides is 1. The number of hydrogen-bond acceptors (Lipinski definition) is 7. The number of nitrogen functional groups attached to an aromatic ring is 1. The van der Waals surface area contributed by atoms with Crippen LogP contribution in [0, 0.1) is 5.82 Å². The smallest absolute Gasteiger partial charge is 0.383 e. The summed E-state index contributed by atoms with van der Waals surface area (Å²) in [6.07, 6.45) is -0.421. The summed E-state index contributed by atoms with van der Waals surface area (Å²) in [4.78, 5) is 27.4. The summed E-state index contributed by atoms with van der Waals surface area (Å²) in [5, 5.41) is 5.91. The van der Waals surface area contributed by atoms with E-state index in [0.717, 1.165) is 18.0 Å². The Morgan fingerprint density at radius 2 is 1.92 bits per heavy atom. The maximum atomic E-state index is 13.9. The lowest BCUT2D eigenvalue weighted by Crippen LogP contribution is -2.36. The van der Waals surface area contributed by atoms with Crippen molar-refractivity contribution in [1.82, 2.24) is 30.2 Å². The third kappa shape index (κ3) is 6.29. The minimum atomic E-state index is -4.81. The summed E-state index contributed by atoms with van der Waals surface area (Å²) in [5.41, 5.74) is 5.42. The molecule has 0 aliphatic carbocycles. The molecule has 1 aliphatic rings. The molecule has 1 saturated heterocycles. The van der Waals surface area contributed by atoms with E-state index in [-0.39, 0.29) is 34.8 Å². The number of carbonyl (C=O) groups excluding carboxylic acids is 1. The monoisotopic (exact) mass is 548 g/mol. The molecule has 0 atom stereocenters. The normalized spacial score (nSPS) is 14.7. The highest BCUT2D eigenvalue weighted by molar-refractivity contribution is 6.02.